The molecular formula is C33H33F2N3O2. The highest BCUT2D eigenvalue weighted by Crippen LogP contribution is 2.34. The van der Waals surface area contributed by atoms with Crippen LogP contribution in [0.25, 0.3) is 5.57 Å². The van der Waals surface area contributed by atoms with Gasteiger partial charge in [0, 0.05) is 41.6 Å². The number of Topliss-reactive ketones (excluding diaryl/α,β-unsaturated/α-hetero) is 1. The Morgan fingerprint density at radius 3 is 2.75 bits per heavy atom. The van der Waals surface area contributed by atoms with Gasteiger partial charge in [-0.15, -0.1) is 6.58 Å². The van der Waals surface area contributed by atoms with E-state index in [9.17, 15) is 13.6 Å². The van der Waals surface area contributed by atoms with Gasteiger partial charge in [0.1, 0.15) is 0 Å². The Morgan fingerprint density at radius 1 is 1.23 bits per heavy atom. The number of halogens is 2. The maximum atomic E-state index is 14.8. The third-order valence-corrected chi connectivity index (χ3v) is 7.07. The van der Waals surface area contributed by atoms with E-state index < -0.39 is 11.6 Å². The van der Waals surface area contributed by atoms with Crippen LogP contribution in [0.15, 0.2) is 89.8 Å². The Morgan fingerprint density at radius 2 is 2.02 bits per heavy atom. The second kappa shape index (κ2) is 12.6. The first kappa shape index (κ1) is 28.6. The number of nitrogens with one attached hydrogen (secondary N) is 2. The average Bonchev–Trinajstić information content (AvgIpc) is 2.92. The van der Waals surface area contributed by atoms with E-state index in [4.69, 9.17) is 10.1 Å². The molecule has 2 aromatic rings. The number of carbonyl (C=O) groups excluding carboxylic acids is 1. The SMILES string of the molecule is C=CCC(C)C(=N)CC(=O)c1ccc(N/C2=C\C/C=C\C=C3\CC(c4ccc(OC)c(F)c4F)=CN=C32)cc1C. The van der Waals surface area contributed by atoms with Crippen molar-refractivity contribution in [2.75, 3.05) is 12.4 Å². The molecule has 7 heteroatoms. The molecule has 0 bridgehead atoms. The quantitative estimate of drug-likeness (QED) is 0.181. The summed E-state index contributed by atoms with van der Waals surface area (Å²) in [5.74, 6) is -2.23. The summed E-state index contributed by atoms with van der Waals surface area (Å²) in [5, 5.41) is 11.7. The first-order valence-corrected chi connectivity index (χ1v) is 13.2. The van der Waals surface area contributed by atoms with Gasteiger partial charge in [0.2, 0.25) is 5.82 Å². The number of aliphatic imine (C=N–C) groups is 1. The number of benzene rings is 2. The molecule has 2 aliphatic rings. The summed E-state index contributed by atoms with van der Waals surface area (Å²) < 4.78 is 34.1. The van der Waals surface area contributed by atoms with Crippen molar-refractivity contribution in [3.63, 3.8) is 0 Å². The van der Waals surface area contributed by atoms with Gasteiger partial charge in [-0.1, -0.05) is 37.3 Å². The molecule has 1 aliphatic carbocycles. The molecule has 1 heterocycles. The zero-order chi connectivity index (χ0) is 28.8. The van der Waals surface area contributed by atoms with Crippen LogP contribution in [-0.4, -0.2) is 24.3 Å². The molecule has 0 radical (unpaired) electrons. The molecule has 1 atom stereocenters. The van der Waals surface area contributed by atoms with E-state index in [0.717, 1.165) is 22.5 Å². The van der Waals surface area contributed by atoms with Crippen molar-refractivity contribution >= 4 is 28.5 Å². The molecular weight excluding hydrogens is 508 g/mol. The Bertz CT molecular complexity index is 1510. The van der Waals surface area contributed by atoms with E-state index in [2.05, 4.69) is 16.9 Å². The van der Waals surface area contributed by atoms with Gasteiger partial charge < -0.3 is 15.5 Å². The number of ketones is 1. The van der Waals surface area contributed by atoms with E-state index in [1.807, 2.05) is 50.3 Å². The van der Waals surface area contributed by atoms with Gasteiger partial charge in [0.05, 0.1) is 18.5 Å². The molecule has 0 amide bonds. The molecule has 0 aromatic heterocycles. The highest BCUT2D eigenvalue weighted by Gasteiger charge is 2.23. The number of hydrogen-bond acceptors (Lipinski definition) is 5. The van der Waals surface area contributed by atoms with Gasteiger partial charge in [-0.2, -0.15) is 4.39 Å². The highest BCUT2D eigenvalue weighted by atomic mass is 19.2. The van der Waals surface area contributed by atoms with Crippen LogP contribution in [0.5, 0.6) is 5.75 Å². The molecule has 0 spiro atoms. The molecule has 5 nitrogen and oxygen atoms in total. The van der Waals surface area contributed by atoms with Crippen molar-refractivity contribution in [1.82, 2.24) is 0 Å². The average molecular weight is 542 g/mol. The van der Waals surface area contributed by atoms with Crippen molar-refractivity contribution in [3.8, 4) is 5.75 Å². The van der Waals surface area contributed by atoms with Crippen molar-refractivity contribution in [2.24, 2.45) is 10.9 Å². The van der Waals surface area contributed by atoms with E-state index in [1.54, 1.807) is 18.3 Å². The zero-order valence-corrected chi connectivity index (χ0v) is 23.0. The second-order valence-electron chi connectivity index (χ2n) is 9.93. The van der Waals surface area contributed by atoms with E-state index in [1.165, 1.54) is 19.2 Å². The van der Waals surface area contributed by atoms with Crippen LogP contribution in [0.4, 0.5) is 14.5 Å². The number of hydrogen-bond donors (Lipinski definition) is 2. The van der Waals surface area contributed by atoms with Crippen LogP contribution in [0.1, 0.15) is 54.1 Å². The summed E-state index contributed by atoms with van der Waals surface area (Å²) in [6.45, 7) is 7.52. The van der Waals surface area contributed by atoms with Crippen molar-refractivity contribution in [3.05, 3.63) is 113 Å². The number of rotatable bonds is 10. The zero-order valence-electron chi connectivity index (χ0n) is 23.0. The maximum absolute atomic E-state index is 14.8. The summed E-state index contributed by atoms with van der Waals surface area (Å²) in [6, 6.07) is 8.45. The smallest absolute Gasteiger partial charge is 0.201 e. The van der Waals surface area contributed by atoms with Crippen LogP contribution < -0.4 is 10.1 Å². The van der Waals surface area contributed by atoms with Crippen molar-refractivity contribution in [2.45, 2.75) is 39.5 Å². The van der Waals surface area contributed by atoms with Gasteiger partial charge in [-0.25, -0.2) is 4.39 Å². The van der Waals surface area contributed by atoms with E-state index >= 15 is 0 Å². The van der Waals surface area contributed by atoms with Gasteiger partial charge in [0.25, 0.3) is 0 Å². The molecule has 0 saturated carbocycles. The number of aryl methyl sites for hydroxylation is 1. The summed E-state index contributed by atoms with van der Waals surface area (Å²) in [5.41, 5.74) is 5.66. The van der Waals surface area contributed by atoms with Gasteiger partial charge in [-0.3, -0.25) is 9.79 Å². The second-order valence-corrected chi connectivity index (χ2v) is 9.93. The fraction of sp³-hybridized carbons (Fsp3) is 0.242. The van der Waals surface area contributed by atoms with Crippen molar-refractivity contribution < 1.29 is 18.3 Å². The number of allylic oxidation sites excluding steroid dienone is 7. The van der Waals surface area contributed by atoms with Crippen LogP contribution in [-0.2, 0) is 0 Å². The minimum atomic E-state index is -1.02. The summed E-state index contributed by atoms with van der Waals surface area (Å²) in [4.78, 5) is 17.5. The first-order chi connectivity index (χ1) is 19.2. The van der Waals surface area contributed by atoms with Crippen LogP contribution in [0.2, 0.25) is 0 Å². The largest absolute Gasteiger partial charge is 0.494 e. The van der Waals surface area contributed by atoms with Crippen LogP contribution >= 0.6 is 0 Å². The van der Waals surface area contributed by atoms with Gasteiger partial charge in [0.15, 0.2) is 17.3 Å². The molecule has 1 aliphatic heterocycles. The fourth-order valence-electron chi connectivity index (χ4n) is 4.74. The Balaban J connectivity index is 1.57. The van der Waals surface area contributed by atoms with Gasteiger partial charge >= 0.3 is 0 Å². The standard InChI is InChI=1S/C33H33F2N3O2/c1-5-9-20(2)27(36)18-29(39)25-13-12-24(16-21(25)3)38-28-11-8-6-7-10-22-17-23(19-37-33(22)28)26-14-15-30(40-4)32(35)31(26)34/h5-7,10-16,19-20,36,38H,1,8-9,17-18H2,2-4H3/b7-6-,22-10-,28-11-,36-27?. The lowest BCUT2D eigenvalue weighted by Gasteiger charge is -2.22. The van der Waals surface area contributed by atoms with Crippen molar-refractivity contribution in [1.29, 1.82) is 5.41 Å². The first-order valence-electron chi connectivity index (χ1n) is 13.2. The monoisotopic (exact) mass is 541 g/mol. The molecule has 2 aromatic carbocycles. The Kier molecular flexibility index (Phi) is 9.04. The lowest BCUT2D eigenvalue weighted by atomic mass is 9.91. The Labute approximate surface area is 233 Å². The maximum Gasteiger partial charge on any atom is 0.201 e. The van der Waals surface area contributed by atoms with E-state index in [0.29, 0.717) is 41.8 Å². The minimum Gasteiger partial charge on any atom is -0.494 e. The predicted octanol–water partition coefficient (Wildman–Crippen LogP) is 8.15. The molecule has 40 heavy (non-hydrogen) atoms. The number of methoxy groups -OCH3 is 1. The predicted molar refractivity (Wildman–Crippen MR) is 158 cm³/mol. The van der Waals surface area contributed by atoms with Crippen LogP contribution in [0, 0.1) is 29.9 Å². The van der Waals surface area contributed by atoms with E-state index in [-0.39, 0.29) is 29.4 Å². The normalized spacial score (nSPS) is 18.7. The highest BCUT2D eigenvalue weighted by molar-refractivity contribution is 6.16. The number of anilines is 1. The van der Waals surface area contributed by atoms with Crippen LogP contribution in [0.3, 0.4) is 0 Å². The topological polar surface area (TPSA) is 74.5 Å². The minimum absolute atomic E-state index is 0.0173. The lowest BCUT2D eigenvalue weighted by Crippen LogP contribution is -2.18. The fourth-order valence-corrected chi connectivity index (χ4v) is 4.74. The molecule has 4 rings (SSSR count). The molecule has 0 saturated heterocycles. The number of nitrogens with zero attached hydrogens (tertiary/aromatic N) is 1. The summed E-state index contributed by atoms with van der Waals surface area (Å²) in [7, 11) is 1.30. The van der Waals surface area contributed by atoms with Gasteiger partial charge in [-0.05, 0) is 72.7 Å². The lowest BCUT2D eigenvalue weighted by molar-refractivity contribution is 0.0998. The third kappa shape index (κ3) is 6.25. The molecule has 2 N–H and O–H groups in total. The molecule has 206 valence electrons. The number of carbonyl (C=O) groups is 1. The number of fused-ring (bicyclic) bond motifs is 1. The number of ether oxygens (including phenoxy) is 1. The Hall–Kier alpha value is -4.39. The molecule has 0 fully saturated rings. The summed E-state index contributed by atoms with van der Waals surface area (Å²) in [6.07, 6.45) is 13.0. The molecule has 1 unspecified atom stereocenters. The summed E-state index contributed by atoms with van der Waals surface area (Å²) >= 11 is 0. The third-order valence-electron chi connectivity index (χ3n) is 7.07.